The molecule has 146 valence electrons. The van der Waals surface area contributed by atoms with Crippen LogP contribution in [0.15, 0.2) is 36.4 Å². The third-order valence-electron chi connectivity index (χ3n) is 5.28. The van der Waals surface area contributed by atoms with Crippen LogP contribution in [0.5, 0.6) is 0 Å². The quantitative estimate of drug-likeness (QED) is 0.333. The van der Waals surface area contributed by atoms with Crippen molar-refractivity contribution in [1.29, 1.82) is 0 Å². The van der Waals surface area contributed by atoms with E-state index >= 15 is 0 Å². The fourth-order valence-corrected chi connectivity index (χ4v) is 4.17. The molecule has 8 nitrogen and oxygen atoms in total. The van der Waals surface area contributed by atoms with E-state index in [-0.39, 0.29) is 5.91 Å². The van der Waals surface area contributed by atoms with Crippen molar-refractivity contribution in [3.05, 3.63) is 42.0 Å². The van der Waals surface area contributed by atoms with E-state index in [1.807, 2.05) is 19.1 Å². The van der Waals surface area contributed by atoms with E-state index in [0.29, 0.717) is 5.69 Å². The molecule has 0 spiro atoms. The van der Waals surface area contributed by atoms with Gasteiger partial charge in [-0.05, 0) is 25.1 Å². The number of hydrogen-bond acceptors (Lipinski definition) is 7. The second-order valence-corrected chi connectivity index (χ2v) is 7.20. The number of anilines is 1. The number of carbonyl (C=O) groups excluding carboxylic acids is 4. The molecule has 0 aliphatic carbocycles. The fourth-order valence-electron chi connectivity index (χ4n) is 4.17. The van der Waals surface area contributed by atoms with Crippen LogP contribution in [0.3, 0.4) is 0 Å². The van der Waals surface area contributed by atoms with Crippen LogP contribution in [0.25, 0.3) is 0 Å². The predicted octanol–water partition coefficient (Wildman–Crippen LogP) is 1.26. The number of nitrogens with zero attached hydrogens (tertiary/aromatic N) is 1. The van der Waals surface area contributed by atoms with Gasteiger partial charge < -0.3 is 14.2 Å². The molecule has 0 N–H and O–H groups in total. The van der Waals surface area contributed by atoms with Gasteiger partial charge in [-0.2, -0.15) is 0 Å². The van der Waals surface area contributed by atoms with Crippen molar-refractivity contribution in [2.24, 2.45) is 11.8 Å². The number of aryl methyl sites for hydroxylation is 1. The molecule has 0 aromatic heterocycles. The Morgan fingerprint density at radius 1 is 1.07 bits per heavy atom. The maximum Gasteiger partial charge on any atom is 0.305 e. The summed E-state index contributed by atoms with van der Waals surface area (Å²) in [7, 11) is 0. The normalized spacial score (nSPS) is 30.1. The average Bonchev–Trinajstić information content (AvgIpc) is 3.26. The molecule has 3 aliphatic heterocycles. The van der Waals surface area contributed by atoms with Gasteiger partial charge in [0.2, 0.25) is 11.8 Å². The van der Waals surface area contributed by atoms with E-state index in [1.54, 1.807) is 24.3 Å². The minimum atomic E-state index is -1.53. The second-order valence-electron chi connectivity index (χ2n) is 7.20. The van der Waals surface area contributed by atoms with Crippen LogP contribution in [0, 0.1) is 18.8 Å². The van der Waals surface area contributed by atoms with Gasteiger partial charge in [-0.3, -0.25) is 19.2 Å². The summed E-state index contributed by atoms with van der Waals surface area (Å²) in [4.78, 5) is 50.6. The molecule has 1 aromatic rings. The third kappa shape index (κ3) is 2.56. The number of hydrogen-bond donors (Lipinski definition) is 0. The largest absolute Gasteiger partial charge is 0.422 e. The van der Waals surface area contributed by atoms with Crippen molar-refractivity contribution < 1.29 is 33.4 Å². The standard InChI is InChI=1S/C20H19NO7/c1-10-4-6-13(7-5-10)21-17(24)15-14-8-9-20(28-14,16(15)18(21)25)19(26-11(2)22)27-12(3)23/h4-9,14-16,19H,1-3H3/t14-,15+,16-,20+/m1/s1. The maximum absolute atomic E-state index is 13.3. The molecule has 0 radical (unpaired) electrons. The molecular weight excluding hydrogens is 366 g/mol. The molecule has 0 saturated carbocycles. The van der Waals surface area contributed by atoms with Crippen molar-refractivity contribution in [2.45, 2.75) is 38.8 Å². The average molecular weight is 385 g/mol. The molecule has 2 amide bonds. The van der Waals surface area contributed by atoms with E-state index in [9.17, 15) is 19.2 Å². The highest BCUT2D eigenvalue weighted by atomic mass is 16.7. The first-order valence-electron chi connectivity index (χ1n) is 8.90. The summed E-state index contributed by atoms with van der Waals surface area (Å²) >= 11 is 0. The van der Waals surface area contributed by atoms with Crippen LogP contribution < -0.4 is 4.90 Å². The molecule has 4 atom stereocenters. The maximum atomic E-state index is 13.3. The van der Waals surface area contributed by atoms with Gasteiger partial charge in [-0.1, -0.05) is 23.8 Å². The summed E-state index contributed by atoms with van der Waals surface area (Å²) in [6.45, 7) is 4.23. The van der Waals surface area contributed by atoms with E-state index in [0.717, 1.165) is 24.3 Å². The Bertz CT molecular complexity index is 890. The van der Waals surface area contributed by atoms with Crippen LogP contribution in [0.2, 0.25) is 0 Å². The summed E-state index contributed by atoms with van der Waals surface area (Å²) in [5.41, 5.74) is -0.0748. The van der Waals surface area contributed by atoms with Crippen molar-refractivity contribution in [3.63, 3.8) is 0 Å². The first-order valence-corrected chi connectivity index (χ1v) is 8.90. The van der Waals surface area contributed by atoms with E-state index in [1.165, 1.54) is 0 Å². The molecule has 8 heteroatoms. The Morgan fingerprint density at radius 3 is 2.25 bits per heavy atom. The van der Waals surface area contributed by atoms with Crippen LogP contribution >= 0.6 is 0 Å². The lowest BCUT2D eigenvalue weighted by Crippen LogP contribution is -2.52. The van der Waals surface area contributed by atoms with Gasteiger partial charge >= 0.3 is 11.9 Å². The first kappa shape index (κ1) is 18.4. The summed E-state index contributed by atoms with van der Waals surface area (Å²) in [6, 6.07) is 7.02. The van der Waals surface area contributed by atoms with Gasteiger partial charge in [-0.25, -0.2) is 4.90 Å². The zero-order valence-electron chi connectivity index (χ0n) is 15.6. The molecule has 3 aliphatic rings. The number of fused-ring (bicyclic) bond motifs is 5. The number of amides is 2. The van der Waals surface area contributed by atoms with Gasteiger partial charge in [-0.15, -0.1) is 0 Å². The molecule has 2 saturated heterocycles. The van der Waals surface area contributed by atoms with Crippen LogP contribution in [-0.4, -0.2) is 41.7 Å². The smallest absolute Gasteiger partial charge is 0.305 e. The molecule has 4 rings (SSSR count). The number of imide groups is 1. The van der Waals surface area contributed by atoms with Crippen molar-refractivity contribution in [3.8, 4) is 0 Å². The Morgan fingerprint density at radius 2 is 1.68 bits per heavy atom. The SMILES string of the molecule is CC(=O)OC(OC(C)=O)[C@@]12C=C[C@@H](O1)[C@@H]1C(=O)N(c3ccc(C)cc3)C(=O)[C@@H]12. The van der Waals surface area contributed by atoms with E-state index in [4.69, 9.17) is 14.2 Å². The summed E-state index contributed by atoms with van der Waals surface area (Å²) in [6.07, 6.45) is 1.07. The van der Waals surface area contributed by atoms with Crippen molar-refractivity contribution in [1.82, 2.24) is 0 Å². The Balaban J connectivity index is 1.74. The molecular formula is C20H19NO7. The molecule has 2 fully saturated rings. The lowest BCUT2D eigenvalue weighted by Gasteiger charge is -2.34. The second kappa shape index (κ2) is 6.27. The lowest BCUT2D eigenvalue weighted by atomic mass is 9.76. The minimum Gasteiger partial charge on any atom is -0.422 e. The Labute approximate surface area is 161 Å². The monoisotopic (exact) mass is 385 g/mol. The molecule has 2 bridgehead atoms. The fraction of sp³-hybridized carbons (Fsp3) is 0.400. The van der Waals surface area contributed by atoms with Crippen LogP contribution in [0.1, 0.15) is 19.4 Å². The predicted molar refractivity (Wildman–Crippen MR) is 94.7 cm³/mol. The molecule has 0 unspecified atom stereocenters. The Hall–Kier alpha value is -3.00. The number of ether oxygens (including phenoxy) is 3. The minimum absolute atomic E-state index is 0.389. The molecule has 3 heterocycles. The topological polar surface area (TPSA) is 99.2 Å². The van der Waals surface area contributed by atoms with Gasteiger partial charge in [0.25, 0.3) is 6.29 Å². The highest BCUT2D eigenvalue weighted by molar-refractivity contribution is 6.23. The first-order chi connectivity index (χ1) is 13.2. The number of benzene rings is 1. The van der Waals surface area contributed by atoms with Crippen molar-refractivity contribution in [2.75, 3.05) is 4.90 Å². The van der Waals surface area contributed by atoms with E-state index in [2.05, 4.69) is 0 Å². The van der Waals surface area contributed by atoms with Crippen LogP contribution in [-0.2, 0) is 33.4 Å². The molecule has 1 aromatic carbocycles. The highest BCUT2D eigenvalue weighted by Crippen LogP contribution is 2.54. The van der Waals surface area contributed by atoms with Crippen LogP contribution in [0.4, 0.5) is 5.69 Å². The zero-order valence-corrected chi connectivity index (χ0v) is 15.6. The summed E-state index contributed by atoms with van der Waals surface area (Å²) in [5, 5.41) is 0. The van der Waals surface area contributed by atoms with Gasteiger partial charge in [0.1, 0.15) is 0 Å². The third-order valence-corrected chi connectivity index (χ3v) is 5.28. The number of rotatable bonds is 4. The van der Waals surface area contributed by atoms with E-state index < -0.39 is 47.7 Å². The van der Waals surface area contributed by atoms with Gasteiger partial charge in [0.15, 0.2) is 5.60 Å². The number of esters is 2. The zero-order chi connectivity index (χ0) is 20.2. The van der Waals surface area contributed by atoms with Crippen molar-refractivity contribution >= 4 is 29.4 Å². The summed E-state index contributed by atoms with van der Waals surface area (Å²) < 4.78 is 16.2. The van der Waals surface area contributed by atoms with Gasteiger partial charge in [0, 0.05) is 13.8 Å². The molecule has 28 heavy (non-hydrogen) atoms. The number of carbonyl (C=O) groups is 4. The lowest BCUT2D eigenvalue weighted by molar-refractivity contribution is -0.226. The highest BCUT2D eigenvalue weighted by Gasteiger charge is 2.72. The summed E-state index contributed by atoms with van der Waals surface area (Å²) in [5.74, 6) is -3.99. The van der Waals surface area contributed by atoms with Gasteiger partial charge in [0.05, 0.1) is 23.6 Å². The Kier molecular flexibility index (Phi) is 4.11.